The zero-order valence-electron chi connectivity index (χ0n) is 11.3. The molecule has 2 rings (SSSR count). The predicted molar refractivity (Wildman–Crippen MR) is 81.2 cm³/mol. The molecule has 21 heavy (non-hydrogen) atoms. The van der Waals surface area contributed by atoms with E-state index in [9.17, 15) is 14.0 Å². The lowest BCUT2D eigenvalue weighted by Crippen LogP contribution is -2.47. The summed E-state index contributed by atoms with van der Waals surface area (Å²) in [6.07, 6.45) is 0.478. The maximum atomic E-state index is 13.1. The van der Waals surface area contributed by atoms with Crippen LogP contribution in [0.5, 0.6) is 0 Å². The highest BCUT2D eigenvalue weighted by Crippen LogP contribution is 2.26. The van der Waals surface area contributed by atoms with Gasteiger partial charge in [0.05, 0.1) is 11.1 Å². The molecule has 0 radical (unpaired) electrons. The predicted octanol–water partition coefficient (Wildman–Crippen LogP) is 1.47. The standard InChI is InChI=1S/C13H15ClFN3O2.ClH/c1-7(16)12(19)17-11-4-5-18(13(11)20)8-2-3-10(15)9(14)6-8;/h2-3,6-7,11H,4-5,16H2,1H3,(H,17,19);1H. The van der Waals surface area contributed by atoms with Crippen LogP contribution >= 0.6 is 24.0 Å². The first-order chi connectivity index (χ1) is 9.40. The van der Waals surface area contributed by atoms with Crippen LogP contribution in [-0.2, 0) is 9.59 Å². The topological polar surface area (TPSA) is 75.4 Å². The molecule has 0 aliphatic carbocycles. The van der Waals surface area contributed by atoms with Crippen molar-refractivity contribution in [3.05, 3.63) is 29.0 Å². The number of nitrogens with zero attached hydrogens (tertiary/aromatic N) is 1. The van der Waals surface area contributed by atoms with Crippen molar-refractivity contribution in [3.8, 4) is 0 Å². The van der Waals surface area contributed by atoms with Crippen molar-refractivity contribution in [2.45, 2.75) is 25.4 Å². The van der Waals surface area contributed by atoms with E-state index in [1.165, 1.54) is 23.1 Å². The van der Waals surface area contributed by atoms with Gasteiger partial charge in [-0.3, -0.25) is 9.59 Å². The van der Waals surface area contributed by atoms with Crippen molar-refractivity contribution in [3.63, 3.8) is 0 Å². The number of hydrogen-bond donors (Lipinski definition) is 2. The largest absolute Gasteiger partial charge is 0.343 e. The second-order valence-electron chi connectivity index (χ2n) is 4.73. The third-order valence-electron chi connectivity index (χ3n) is 3.15. The SMILES string of the molecule is CC(N)C(=O)NC1CCN(c2ccc(F)c(Cl)c2)C1=O.Cl. The van der Waals surface area contributed by atoms with Gasteiger partial charge in [-0.15, -0.1) is 12.4 Å². The lowest BCUT2D eigenvalue weighted by molar-refractivity contribution is -0.127. The summed E-state index contributed by atoms with van der Waals surface area (Å²) in [6, 6.07) is 2.81. The number of nitrogens with one attached hydrogen (secondary N) is 1. The van der Waals surface area contributed by atoms with Crippen molar-refractivity contribution in [1.82, 2.24) is 5.32 Å². The minimum atomic E-state index is -0.669. The fourth-order valence-corrected chi connectivity index (χ4v) is 2.20. The van der Waals surface area contributed by atoms with Crippen molar-refractivity contribution in [2.24, 2.45) is 5.73 Å². The molecule has 0 aromatic heterocycles. The number of hydrogen-bond acceptors (Lipinski definition) is 3. The Bertz CT molecular complexity index is 554. The Kier molecular flexibility index (Phi) is 5.95. The minimum Gasteiger partial charge on any atom is -0.343 e. The number of anilines is 1. The number of benzene rings is 1. The molecular weight excluding hydrogens is 320 g/mol. The first-order valence-electron chi connectivity index (χ1n) is 6.22. The maximum absolute atomic E-state index is 13.1. The van der Waals surface area contributed by atoms with E-state index >= 15 is 0 Å². The summed E-state index contributed by atoms with van der Waals surface area (Å²) in [4.78, 5) is 25.2. The van der Waals surface area contributed by atoms with Crippen LogP contribution < -0.4 is 16.0 Å². The number of carbonyl (C=O) groups excluding carboxylic acids is 2. The summed E-state index contributed by atoms with van der Waals surface area (Å²) in [5.74, 6) is -1.16. The lowest BCUT2D eigenvalue weighted by atomic mass is 10.2. The van der Waals surface area contributed by atoms with Gasteiger partial charge in [0.2, 0.25) is 11.8 Å². The summed E-state index contributed by atoms with van der Waals surface area (Å²) in [5, 5.41) is 2.55. The molecule has 1 saturated heterocycles. The Morgan fingerprint density at radius 3 is 2.81 bits per heavy atom. The molecule has 0 spiro atoms. The number of carbonyl (C=O) groups is 2. The van der Waals surface area contributed by atoms with E-state index in [-0.39, 0.29) is 29.2 Å². The Morgan fingerprint density at radius 1 is 1.57 bits per heavy atom. The smallest absolute Gasteiger partial charge is 0.249 e. The van der Waals surface area contributed by atoms with E-state index in [1.807, 2.05) is 0 Å². The number of amides is 2. The number of nitrogens with two attached hydrogens (primary N) is 1. The van der Waals surface area contributed by atoms with E-state index in [4.69, 9.17) is 17.3 Å². The van der Waals surface area contributed by atoms with Crippen molar-refractivity contribution < 1.29 is 14.0 Å². The molecule has 2 unspecified atom stereocenters. The molecule has 3 N–H and O–H groups in total. The third kappa shape index (κ3) is 3.84. The number of halogens is 3. The number of rotatable bonds is 3. The second-order valence-corrected chi connectivity index (χ2v) is 5.13. The minimum absolute atomic E-state index is 0. The normalized spacial score (nSPS) is 19.1. The molecule has 0 bridgehead atoms. The van der Waals surface area contributed by atoms with E-state index in [1.54, 1.807) is 6.92 Å². The zero-order chi connectivity index (χ0) is 14.9. The van der Waals surface area contributed by atoms with Gasteiger partial charge >= 0.3 is 0 Å². The molecule has 1 aliphatic rings. The molecule has 2 atom stereocenters. The quantitative estimate of drug-likeness (QED) is 0.878. The van der Waals surface area contributed by atoms with Crippen molar-refractivity contribution in [2.75, 3.05) is 11.4 Å². The molecule has 116 valence electrons. The molecule has 1 aromatic rings. The monoisotopic (exact) mass is 335 g/mol. The summed E-state index contributed by atoms with van der Waals surface area (Å²) < 4.78 is 13.1. The van der Waals surface area contributed by atoms with Crippen LogP contribution in [0.1, 0.15) is 13.3 Å². The first-order valence-corrected chi connectivity index (χ1v) is 6.60. The highest BCUT2D eigenvalue weighted by Gasteiger charge is 2.34. The first kappa shape index (κ1) is 17.7. The zero-order valence-corrected chi connectivity index (χ0v) is 12.9. The average molecular weight is 336 g/mol. The van der Waals surface area contributed by atoms with Crippen LogP contribution in [-0.4, -0.2) is 30.4 Å². The maximum Gasteiger partial charge on any atom is 0.249 e. The van der Waals surface area contributed by atoms with Gasteiger partial charge in [-0.2, -0.15) is 0 Å². The molecule has 1 heterocycles. The van der Waals surface area contributed by atoms with Crippen LogP contribution in [0.4, 0.5) is 10.1 Å². The summed E-state index contributed by atoms with van der Waals surface area (Å²) in [6.45, 7) is 1.98. The molecular formula is C13H16Cl2FN3O2. The fourth-order valence-electron chi connectivity index (χ4n) is 2.03. The van der Waals surface area contributed by atoms with Crippen molar-refractivity contribution in [1.29, 1.82) is 0 Å². The van der Waals surface area contributed by atoms with Gasteiger partial charge in [-0.1, -0.05) is 11.6 Å². The molecule has 1 aliphatic heterocycles. The highest BCUT2D eigenvalue weighted by molar-refractivity contribution is 6.31. The van der Waals surface area contributed by atoms with Gasteiger partial charge in [0, 0.05) is 12.2 Å². The fraction of sp³-hybridized carbons (Fsp3) is 0.385. The molecule has 1 fully saturated rings. The van der Waals surface area contributed by atoms with E-state index in [0.717, 1.165) is 0 Å². The highest BCUT2D eigenvalue weighted by atomic mass is 35.5. The van der Waals surface area contributed by atoms with Crippen LogP contribution in [0.3, 0.4) is 0 Å². The Hall–Kier alpha value is -1.37. The summed E-state index contributed by atoms with van der Waals surface area (Å²) >= 11 is 5.70. The van der Waals surface area contributed by atoms with Crippen LogP contribution in [0.15, 0.2) is 18.2 Å². The van der Waals surface area contributed by atoms with E-state index in [0.29, 0.717) is 18.7 Å². The van der Waals surface area contributed by atoms with Gasteiger partial charge in [0.15, 0.2) is 0 Å². The van der Waals surface area contributed by atoms with Gasteiger partial charge in [0.25, 0.3) is 0 Å². The van der Waals surface area contributed by atoms with Gasteiger partial charge < -0.3 is 16.0 Å². The van der Waals surface area contributed by atoms with Gasteiger partial charge in [-0.25, -0.2) is 4.39 Å². The molecule has 2 amide bonds. The Morgan fingerprint density at radius 2 is 2.24 bits per heavy atom. The van der Waals surface area contributed by atoms with E-state index in [2.05, 4.69) is 5.32 Å². The molecule has 8 heteroatoms. The van der Waals surface area contributed by atoms with Crippen LogP contribution in [0.2, 0.25) is 5.02 Å². The Labute approximate surface area is 133 Å². The van der Waals surface area contributed by atoms with Crippen molar-refractivity contribution >= 4 is 41.5 Å². The third-order valence-corrected chi connectivity index (χ3v) is 3.44. The van der Waals surface area contributed by atoms with Crippen LogP contribution in [0, 0.1) is 5.82 Å². The molecule has 5 nitrogen and oxygen atoms in total. The van der Waals surface area contributed by atoms with Gasteiger partial charge in [0.1, 0.15) is 11.9 Å². The summed E-state index contributed by atoms with van der Waals surface area (Å²) in [5.41, 5.74) is 5.96. The average Bonchev–Trinajstić information content (AvgIpc) is 2.74. The molecule has 1 aromatic carbocycles. The second kappa shape index (κ2) is 7.06. The van der Waals surface area contributed by atoms with Crippen LogP contribution in [0.25, 0.3) is 0 Å². The Balaban J connectivity index is 0.00000220. The van der Waals surface area contributed by atoms with Gasteiger partial charge in [-0.05, 0) is 31.5 Å². The van der Waals surface area contributed by atoms with E-state index < -0.39 is 17.9 Å². The molecule has 0 saturated carbocycles. The lowest BCUT2D eigenvalue weighted by Gasteiger charge is -2.18. The summed E-state index contributed by atoms with van der Waals surface area (Å²) in [7, 11) is 0.